The van der Waals surface area contributed by atoms with Gasteiger partial charge in [0.05, 0.1) is 6.61 Å². The SMILES string of the molecule is CCOC(=O)C(Oc1ccc(S)cc1C)c1ccccc1. The zero-order valence-electron chi connectivity index (χ0n) is 12.1. The highest BCUT2D eigenvalue weighted by atomic mass is 32.1. The van der Waals surface area contributed by atoms with Crippen LogP contribution in [0, 0.1) is 6.92 Å². The summed E-state index contributed by atoms with van der Waals surface area (Å²) in [7, 11) is 0. The molecule has 0 aliphatic rings. The molecule has 3 nitrogen and oxygen atoms in total. The quantitative estimate of drug-likeness (QED) is 0.670. The standard InChI is InChI=1S/C17H18O3S/c1-3-19-17(18)16(13-7-5-4-6-8-13)20-15-10-9-14(21)11-12(15)2/h4-11,16,21H,3H2,1-2H3. The third kappa shape index (κ3) is 4.02. The number of rotatable bonds is 5. The van der Waals surface area contributed by atoms with E-state index in [1.165, 1.54) is 0 Å². The van der Waals surface area contributed by atoms with Crippen molar-refractivity contribution in [2.75, 3.05) is 6.61 Å². The molecule has 0 heterocycles. The predicted octanol–water partition coefficient (Wildman–Crippen LogP) is 3.97. The number of hydrogen-bond acceptors (Lipinski definition) is 4. The van der Waals surface area contributed by atoms with E-state index in [9.17, 15) is 4.79 Å². The second kappa shape index (κ2) is 7.18. The minimum atomic E-state index is -0.768. The average molecular weight is 302 g/mol. The molecule has 0 aromatic heterocycles. The average Bonchev–Trinajstić information content (AvgIpc) is 2.47. The van der Waals surface area contributed by atoms with E-state index in [4.69, 9.17) is 9.47 Å². The second-order valence-corrected chi connectivity index (χ2v) is 5.13. The van der Waals surface area contributed by atoms with Crippen LogP contribution in [0.1, 0.15) is 24.2 Å². The van der Waals surface area contributed by atoms with Gasteiger partial charge in [-0.3, -0.25) is 0 Å². The fourth-order valence-electron chi connectivity index (χ4n) is 1.99. The van der Waals surface area contributed by atoms with E-state index < -0.39 is 12.1 Å². The normalized spacial score (nSPS) is 11.8. The lowest BCUT2D eigenvalue weighted by atomic mass is 10.1. The largest absolute Gasteiger partial charge is 0.474 e. The zero-order chi connectivity index (χ0) is 15.2. The van der Waals surface area contributed by atoms with Crippen molar-refractivity contribution in [1.29, 1.82) is 0 Å². The van der Waals surface area contributed by atoms with Crippen molar-refractivity contribution in [2.45, 2.75) is 24.8 Å². The lowest BCUT2D eigenvalue weighted by Gasteiger charge is -2.19. The van der Waals surface area contributed by atoms with Gasteiger partial charge < -0.3 is 9.47 Å². The molecule has 1 atom stereocenters. The Balaban J connectivity index is 2.30. The number of esters is 1. The lowest BCUT2D eigenvalue weighted by molar-refractivity contribution is -0.151. The summed E-state index contributed by atoms with van der Waals surface area (Å²) in [6.45, 7) is 4.02. The minimum absolute atomic E-state index is 0.320. The number of carbonyl (C=O) groups is 1. The molecule has 0 bridgehead atoms. The first-order valence-electron chi connectivity index (χ1n) is 6.79. The Bertz CT molecular complexity index is 611. The van der Waals surface area contributed by atoms with Crippen molar-refractivity contribution in [1.82, 2.24) is 0 Å². The fourth-order valence-corrected chi connectivity index (χ4v) is 2.26. The van der Waals surface area contributed by atoms with Gasteiger partial charge >= 0.3 is 5.97 Å². The van der Waals surface area contributed by atoms with Crippen LogP contribution in [-0.4, -0.2) is 12.6 Å². The molecule has 1 unspecified atom stereocenters. The molecule has 2 aromatic rings. The van der Waals surface area contributed by atoms with E-state index in [1.54, 1.807) is 6.92 Å². The molecular weight excluding hydrogens is 284 g/mol. The van der Waals surface area contributed by atoms with E-state index >= 15 is 0 Å². The summed E-state index contributed by atoms with van der Waals surface area (Å²) in [4.78, 5) is 13.0. The van der Waals surface area contributed by atoms with Crippen molar-refractivity contribution in [3.05, 3.63) is 59.7 Å². The summed E-state index contributed by atoms with van der Waals surface area (Å²) in [6.07, 6.45) is -0.768. The van der Waals surface area contributed by atoms with Crippen molar-refractivity contribution in [2.24, 2.45) is 0 Å². The van der Waals surface area contributed by atoms with E-state index in [0.717, 1.165) is 16.0 Å². The number of benzene rings is 2. The van der Waals surface area contributed by atoms with Crippen molar-refractivity contribution < 1.29 is 14.3 Å². The molecule has 0 spiro atoms. The third-order valence-electron chi connectivity index (χ3n) is 3.01. The first-order valence-corrected chi connectivity index (χ1v) is 7.24. The monoisotopic (exact) mass is 302 g/mol. The molecule has 0 N–H and O–H groups in total. The lowest BCUT2D eigenvalue weighted by Crippen LogP contribution is -2.21. The smallest absolute Gasteiger partial charge is 0.352 e. The summed E-state index contributed by atoms with van der Waals surface area (Å²) < 4.78 is 11.0. The molecule has 0 fully saturated rings. The molecule has 4 heteroatoms. The minimum Gasteiger partial charge on any atom is -0.474 e. The van der Waals surface area contributed by atoms with Gasteiger partial charge in [0.2, 0.25) is 6.10 Å². The molecule has 0 saturated carbocycles. The maximum absolute atomic E-state index is 12.2. The molecule has 21 heavy (non-hydrogen) atoms. The Morgan fingerprint density at radius 3 is 2.52 bits per heavy atom. The molecule has 2 aromatic carbocycles. The molecule has 2 rings (SSSR count). The van der Waals surface area contributed by atoms with Gasteiger partial charge in [-0.25, -0.2) is 4.79 Å². The number of thiol groups is 1. The van der Waals surface area contributed by atoms with Gasteiger partial charge in [0.25, 0.3) is 0 Å². The van der Waals surface area contributed by atoms with Crippen molar-refractivity contribution in [3.8, 4) is 5.75 Å². The van der Waals surface area contributed by atoms with Gasteiger partial charge in [-0.1, -0.05) is 30.3 Å². The maximum Gasteiger partial charge on any atom is 0.352 e. The summed E-state index contributed by atoms with van der Waals surface area (Å²) in [5, 5.41) is 0. The Hall–Kier alpha value is -1.94. The van der Waals surface area contributed by atoms with Gasteiger partial charge in [-0.15, -0.1) is 12.6 Å². The Morgan fingerprint density at radius 1 is 1.19 bits per heavy atom. The van der Waals surface area contributed by atoms with Crippen LogP contribution in [0.15, 0.2) is 53.4 Å². The van der Waals surface area contributed by atoms with Crippen molar-refractivity contribution in [3.63, 3.8) is 0 Å². The summed E-state index contributed by atoms with van der Waals surface area (Å²) in [6, 6.07) is 14.9. The molecular formula is C17H18O3S. The van der Waals surface area contributed by atoms with Crippen LogP contribution >= 0.6 is 12.6 Å². The highest BCUT2D eigenvalue weighted by Gasteiger charge is 2.24. The van der Waals surface area contributed by atoms with Crippen LogP contribution < -0.4 is 4.74 Å². The number of ether oxygens (including phenoxy) is 2. The van der Waals surface area contributed by atoms with Crippen molar-refractivity contribution >= 4 is 18.6 Å². The van der Waals surface area contributed by atoms with Crippen LogP contribution in [-0.2, 0) is 9.53 Å². The van der Waals surface area contributed by atoms with E-state index in [2.05, 4.69) is 12.6 Å². The van der Waals surface area contributed by atoms with Gasteiger partial charge in [-0.2, -0.15) is 0 Å². The van der Waals surface area contributed by atoms with Gasteiger partial charge in [0.1, 0.15) is 5.75 Å². The highest BCUT2D eigenvalue weighted by Crippen LogP contribution is 2.27. The summed E-state index contributed by atoms with van der Waals surface area (Å²) in [5.41, 5.74) is 1.69. The number of carbonyl (C=O) groups excluding carboxylic acids is 1. The van der Waals surface area contributed by atoms with E-state index in [-0.39, 0.29) is 0 Å². The second-order valence-electron chi connectivity index (χ2n) is 4.61. The number of hydrogen-bond donors (Lipinski definition) is 1. The van der Waals surface area contributed by atoms with Crippen LogP contribution in [0.3, 0.4) is 0 Å². The number of aryl methyl sites for hydroxylation is 1. The Kier molecular flexibility index (Phi) is 5.28. The first kappa shape index (κ1) is 15.4. The molecule has 0 amide bonds. The fraction of sp³-hybridized carbons (Fsp3) is 0.235. The molecule has 110 valence electrons. The van der Waals surface area contributed by atoms with Gasteiger partial charge in [0, 0.05) is 10.5 Å². The van der Waals surface area contributed by atoms with E-state index in [0.29, 0.717) is 12.4 Å². The summed E-state index contributed by atoms with van der Waals surface area (Å²) in [5.74, 6) is 0.257. The summed E-state index contributed by atoms with van der Waals surface area (Å²) >= 11 is 4.29. The van der Waals surface area contributed by atoms with Crippen LogP contribution in [0.5, 0.6) is 5.75 Å². The molecule has 0 aliphatic carbocycles. The predicted molar refractivity (Wildman–Crippen MR) is 84.9 cm³/mol. The molecule has 0 saturated heterocycles. The third-order valence-corrected chi connectivity index (χ3v) is 3.28. The van der Waals surface area contributed by atoms with E-state index in [1.807, 2.05) is 55.5 Å². The Morgan fingerprint density at radius 2 is 1.90 bits per heavy atom. The highest BCUT2D eigenvalue weighted by molar-refractivity contribution is 7.80. The van der Waals surface area contributed by atoms with Crippen LogP contribution in [0.4, 0.5) is 0 Å². The van der Waals surface area contributed by atoms with Crippen LogP contribution in [0.2, 0.25) is 0 Å². The first-order chi connectivity index (χ1) is 10.1. The molecule has 0 aliphatic heterocycles. The van der Waals surface area contributed by atoms with Gasteiger partial charge in [-0.05, 0) is 37.6 Å². The topological polar surface area (TPSA) is 35.5 Å². The molecule has 0 radical (unpaired) electrons. The zero-order valence-corrected chi connectivity index (χ0v) is 13.0. The maximum atomic E-state index is 12.2. The van der Waals surface area contributed by atoms with Gasteiger partial charge in [0.15, 0.2) is 0 Å². The van der Waals surface area contributed by atoms with Crippen LogP contribution in [0.25, 0.3) is 0 Å². The Labute approximate surface area is 130 Å².